The van der Waals surface area contributed by atoms with Crippen molar-refractivity contribution in [3.05, 3.63) is 340 Å². The van der Waals surface area contributed by atoms with Crippen LogP contribution in [-0.2, 0) is 29.9 Å². The molecule has 9 aliphatic heterocycles. The van der Waals surface area contributed by atoms with Crippen LogP contribution in [0, 0.1) is 22.1 Å². The standard InChI is InChI=1S/C37H38NO2.C27H29BrNO.C27H29FNO.3BrH/c39-37(33-17-15-29-9-4-6-11-31(29)27-33,34-18-16-30-10-5-7-12-32(30)28-34)36-19-23-38(24-20-36,25-21-36)22-8-26-40-35-13-2-1-3-14-35;2*28-25-13-11-22(12-14-25)21-29-18-15-26(16-19-29,17-20-29)27(30,23-7-3-1-4-8-23)24-9-5-2-6-10-24;;;/h1-7,9-18,27-28,39H,8,19-26H2;2*1-14,30H,15-21H2;3*1H/q3*+1;;;/p-3. The second-order valence-corrected chi connectivity index (χ2v) is 31.6. The SMILES string of the molecule is OC(c1ccc2ccccc2c1)(c1ccc2ccccc2c1)C12CC[N+](CCCOc3ccccc3)(CC1)CC2.OC(c1ccccc1)(c1ccccc1)C12CC[N+](Cc3ccc(Br)cc3)(CC1)CC2.OC(c1ccccc1)(c1ccccc1)C12CC[N+](Cc3ccc(F)cc3)(CC1)CC2.[Br-].[Br-].[Br-]. The Labute approximate surface area is 649 Å². The molecular formula is C91H96Br4FN3O4. The van der Waals surface area contributed by atoms with Crippen LogP contribution in [0.4, 0.5) is 4.39 Å². The van der Waals surface area contributed by atoms with Crippen molar-refractivity contribution in [3.8, 4) is 5.75 Å². The zero-order valence-corrected chi connectivity index (χ0v) is 65.2. The van der Waals surface area contributed by atoms with Crippen LogP contribution in [-0.4, -0.2) is 101 Å². The van der Waals surface area contributed by atoms with E-state index in [-0.39, 0.29) is 73.0 Å². The molecule has 3 N–H and O–H groups in total. The normalized spacial score (nSPS) is 23.9. The predicted octanol–water partition coefficient (Wildman–Crippen LogP) is 9.86. The fourth-order valence-electron chi connectivity index (χ4n) is 19.6. The van der Waals surface area contributed by atoms with Crippen molar-refractivity contribution in [1.82, 2.24) is 0 Å². The van der Waals surface area contributed by atoms with Crippen molar-refractivity contribution >= 4 is 37.5 Å². The molecule has 0 radical (unpaired) electrons. The van der Waals surface area contributed by atoms with Crippen molar-refractivity contribution in [2.45, 2.75) is 94.1 Å². The lowest BCUT2D eigenvalue weighted by molar-refractivity contribution is -0.958. The van der Waals surface area contributed by atoms with E-state index >= 15 is 0 Å². The number of piperidine rings is 9. The smallest absolute Gasteiger partial charge is 0.123 e. The Balaban J connectivity index is 0.000000146. The van der Waals surface area contributed by atoms with E-state index in [9.17, 15) is 19.7 Å². The lowest BCUT2D eigenvalue weighted by Crippen LogP contribution is -3.00. The quantitative estimate of drug-likeness (QED) is 0.0592. The summed E-state index contributed by atoms with van der Waals surface area (Å²) in [5.74, 6) is 0.778. The average molecular weight is 1630 g/mol. The number of para-hydroxylation sites is 1. The molecule has 0 atom stereocenters. The van der Waals surface area contributed by atoms with Crippen molar-refractivity contribution in [2.75, 3.05) is 72.1 Å². The minimum absolute atomic E-state index is 0. The Bertz CT molecular complexity index is 4170. The first-order valence-corrected chi connectivity index (χ1v) is 37.6. The van der Waals surface area contributed by atoms with Gasteiger partial charge in [0.1, 0.15) is 41.5 Å². The monoisotopic (exact) mass is 1630 g/mol. The summed E-state index contributed by atoms with van der Waals surface area (Å²) in [4.78, 5) is 0. The zero-order chi connectivity index (χ0) is 68.4. The number of rotatable bonds is 18. The van der Waals surface area contributed by atoms with Gasteiger partial charge in [-0.05, 0) is 103 Å². The Hall–Kier alpha value is -6.65. The van der Waals surface area contributed by atoms with Gasteiger partial charge in [-0.2, -0.15) is 0 Å². The molecule has 103 heavy (non-hydrogen) atoms. The first kappa shape index (κ1) is 76.0. The van der Waals surface area contributed by atoms with Gasteiger partial charge in [-0.1, -0.05) is 253 Å². The van der Waals surface area contributed by atoms with Gasteiger partial charge in [0.05, 0.1) is 72.1 Å². The van der Waals surface area contributed by atoms with E-state index in [1.807, 2.05) is 91.0 Å². The molecule has 11 aromatic carbocycles. The van der Waals surface area contributed by atoms with E-state index in [0.717, 1.165) is 206 Å². The number of hydrogen-bond donors (Lipinski definition) is 3. The van der Waals surface area contributed by atoms with E-state index in [2.05, 4.69) is 198 Å². The number of ether oxygens (including phenoxy) is 1. The van der Waals surface area contributed by atoms with Gasteiger partial charge in [0.25, 0.3) is 0 Å². The molecule has 0 unspecified atom stereocenters. The average Bonchev–Trinajstić information content (AvgIpc) is 0.721. The summed E-state index contributed by atoms with van der Waals surface area (Å²) in [6.07, 6.45) is 10.3. The molecule has 9 aliphatic rings. The topological polar surface area (TPSA) is 69.9 Å². The minimum Gasteiger partial charge on any atom is -1.00 e. The first-order valence-electron chi connectivity index (χ1n) is 36.8. The highest BCUT2D eigenvalue weighted by Gasteiger charge is 2.63. The fourth-order valence-corrected chi connectivity index (χ4v) is 19.8. The number of quaternary nitrogens is 3. The van der Waals surface area contributed by atoms with Crippen LogP contribution >= 0.6 is 15.9 Å². The molecular weight excluding hydrogens is 1540 g/mol. The van der Waals surface area contributed by atoms with E-state index in [4.69, 9.17) is 4.74 Å². The van der Waals surface area contributed by atoms with Crippen LogP contribution in [0.5, 0.6) is 5.75 Å². The lowest BCUT2D eigenvalue weighted by atomic mass is 9.56. The van der Waals surface area contributed by atoms with Crippen LogP contribution in [0.1, 0.15) is 109 Å². The van der Waals surface area contributed by atoms with E-state index in [1.54, 1.807) is 12.1 Å². The maximum atomic E-state index is 13.3. The van der Waals surface area contributed by atoms with Crippen LogP contribution in [0.15, 0.2) is 290 Å². The number of benzene rings is 11. The molecule has 20 rings (SSSR count). The molecule has 9 heterocycles. The number of fused-ring (bicyclic) bond motifs is 11. The summed E-state index contributed by atoms with van der Waals surface area (Å²) in [6, 6.07) is 97.3. The Morgan fingerprint density at radius 2 is 0.621 bits per heavy atom. The van der Waals surface area contributed by atoms with Gasteiger partial charge in [0.2, 0.25) is 0 Å². The third-order valence-electron chi connectivity index (χ3n) is 25.6. The number of halogens is 5. The van der Waals surface area contributed by atoms with Crippen molar-refractivity contribution in [1.29, 1.82) is 0 Å². The van der Waals surface area contributed by atoms with Gasteiger partial charge in [-0.25, -0.2) is 4.39 Å². The molecule has 0 saturated carbocycles. The van der Waals surface area contributed by atoms with Gasteiger partial charge in [-0.15, -0.1) is 0 Å². The molecule has 7 nitrogen and oxygen atoms in total. The Morgan fingerprint density at radius 1 is 0.330 bits per heavy atom. The molecule has 0 aromatic heterocycles. The van der Waals surface area contributed by atoms with Crippen molar-refractivity contribution in [2.24, 2.45) is 16.2 Å². The van der Waals surface area contributed by atoms with Gasteiger partial charge >= 0.3 is 0 Å². The molecule has 9 saturated heterocycles. The fraction of sp³-hybridized carbons (Fsp3) is 0.319. The highest BCUT2D eigenvalue weighted by Crippen LogP contribution is 2.61. The Kier molecular flexibility index (Phi) is 23.5. The molecule has 534 valence electrons. The van der Waals surface area contributed by atoms with Crippen LogP contribution < -0.4 is 55.7 Å². The maximum Gasteiger partial charge on any atom is 0.123 e. The van der Waals surface area contributed by atoms with Gasteiger partial charge < -0.3 is 84.4 Å². The zero-order valence-electron chi connectivity index (χ0n) is 58.9. The third-order valence-corrected chi connectivity index (χ3v) is 26.2. The summed E-state index contributed by atoms with van der Waals surface area (Å²) < 4.78 is 23.8. The summed E-state index contributed by atoms with van der Waals surface area (Å²) in [6.45, 7) is 13.9. The minimum atomic E-state index is -1.05. The van der Waals surface area contributed by atoms with E-state index in [1.165, 1.54) is 32.7 Å². The number of nitrogens with zero attached hydrogens (tertiary/aromatic N) is 3. The third kappa shape index (κ3) is 14.7. The number of hydrogen-bond acceptors (Lipinski definition) is 4. The number of aliphatic hydroxyl groups is 3. The van der Waals surface area contributed by atoms with Crippen molar-refractivity contribution < 1.29 is 88.8 Å². The van der Waals surface area contributed by atoms with E-state index < -0.39 is 16.8 Å². The second kappa shape index (κ2) is 31.8. The lowest BCUT2D eigenvalue weighted by Gasteiger charge is -2.60. The highest BCUT2D eigenvalue weighted by atomic mass is 79.9. The van der Waals surface area contributed by atoms with Crippen LogP contribution in [0.2, 0.25) is 0 Å². The van der Waals surface area contributed by atoms with Crippen LogP contribution in [0.3, 0.4) is 0 Å². The predicted molar refractivity (Wildman–Crippen MR) is 405 cm³/mol. The molecule has 12 heteroatoms. The summed E-state index contributed by atoms with van der Waals surface area (Å²) in [7, 11) is 0. The van der Waals surface area contributed by atoms with Crippen molar-refractivity contribution in [3.63, 3.8) is 0 Å². The largest absolute Gasteiger partial charge is 1.00 e. The summed E-state index contributed by atoms with van der Waals surface area (Å²) in [5.41, 5.74) is 5.32. The van der Waals surface area contributed by atoms with Gasteiger partial charge in [-0.3, -0.25) is 0 Å². The second-order valence-electron chi connectivity index (χ2n) is 30.7. The molecule has 9 fully saturated rings. The van der Waals surface area contributed by atoms with Gasteiger partial charge in [0.15, 0.2) is 0 Å². The molecule has 11 aromatic rings. The van der Waals surface area contributed by atoms with Gasteiger partial charge in [0, 0.05) is 96.1 Å². The molecule has 6 bridgehead atoms. The van der Waals surface area contributed by atoms with Crippen LogP contribution in [0.25, 0.3) is 21.5 Å². The molecule has 0 amide bonds. The maximum absolute atomic E-state index is 13.3. The molecule has 0 spiro atoms. The summed E-state index contributed by atoms with van der Waals surface area (Å²) >= 11 is 3.55. The van der Waals surface area contributed by atoms with E-state index in [0.29, 0.717) is 0 Å². The molecule has 0 aliphatic carbocycles. The summed E-state index contributed by atoms with van der Waals surface area (Å²) in [5, 5.41) is 42.8. The highest BCUT2D eigenvalue weighted by molar-refractivity contribution is 9.10. The Morgan fingerprint density at radius 3 is 0.971 bits per heavy atom. The first-order chi connectivity index (χ1) is 48.7.